The van der Waals surface area contributed by atoms with Crippen LogP contribution in [0.3, 0.4) is 0 Å². The van der Waals surface area contributed by atoms with Gasteiger partial charge in [-0.2, -0.15) is 0 Å². The first kappa shape index (κ1) is 41.2. The molecule has 0 unspecified atom stereocenters. The summed E-state index contributed by atoms with van der Waals surface area (Å²) in [5, 5.41) is 12.9. The maximum Gasteiger partial charge on any atom is 0.257 e. The smallest absolute Gasteiger partial charge is 0.257 e. The summed E-state index contributed by atoms with van der Waals surface area (Å²) in [4.78, 5) is 29.5. The van der Waals surface area contributed by atoms with Crippen molar-refractivity contribution >= 4 is 57.3 Å². The second-order valence-electron chi connectivity index (χ2n) is 15.2. The maximum atomic E-state index is 12.3. The average molecular weight is 803 g/mol. The molecule has 2 saturated heterocycles. The van der Waals surface area contributed by atoms with Gasteiger partial charge in [-0.25, -0.2) is 0 Å². The van der Waals surface area contributed by atoms with Crippen LogP contribution in [0.1, 0.15) is 53.5 Å². The van der Waals surface area contributed by atoms with E-state index in [9.17, 15) is 9.59 Å². The predicted molar refractivity (Wildman–Crippen MR) is 236 cm³/mol. The number of morpholine rings is 2. The molecular formula is C47H55ClN6O4. The molecule has 0 spiro atoms. The average Bonchev–Trinajstić information content (AvgIpc) is 3.75. The van der Waals surface area contributed by atoms with E-state index in [1.54, 1.807) is 12.3 Å². The van der Waals surface area contributed by atoms with E-state index < -0.39 is 0 Å². The summed E-state index contributed by atoms with van der Waals surface area (Å²) in [5.74, 6) is -0.176. The third kappa shape index (κ3) is 11.4. The Morgan fingerprint density at radius 3 is 1.72 bits per heavy atom. The molecule has 2 amide bonds. The van der Waals surface area contributed by atoms with Gasteiger partial charge in [0.1, 0.15) is 0 Å². The van der Waals surface area contributed by atoms with Crippen molar-refractivity contribution in [3.8, 4) is 0 Å². The zero-order valence-corrected chi connectivity index (χ0v) is 34.2. The van der Waals surface area contributed by atoms with E-state index in [1.165, 1.54) is 43.4 Å². The molecule has 11 heteroatoms. The van der Waals surface area contributed by atoms with Crippen LogP contribution < -0.4 is 21.3 Å². The van der Waals surface area contributed by atoms with Crippen molar-refractivity contribution in [3.63, 3.8) is 0 Å². The quantitative estimate of drug-likeness (QED) is 0.0744. The Balaban J connectivity index is 0.000000177. The normalized spacial score (nSPS) is 18.0. The Bertz CT molecular complexity index is 2070. The second kappa shape index (κ2) is 20.6. The van der Waals surface area contributed by atoms with Gasteiger partial charge in [0.2, 0.25) is 0 Å². The molecule has 58 heavy (non-hydrogen) atoms. The fourth-order valence-corrected chi connectivity index (χ4v) is 7.87. The van der Waals surface area contributed by atoms with Gasteiger partial charge >= 0.3 is 0 Å². The molecule has 4 aliphatic rings. The van der Waals surface area contributed by atoms with Crippen LogP contribution in [0.2, 0.25) is 5.02 Å². The fourth-order valence-electron chi connectivity index (χ4n) is 7.70. The third-order valence-corrected chi connectivity index (χ3v) is 11.3. The summed E-state index contributed by atoms with van der Waals surface area (Å²) >= 11 is 6.07. The van der Waals surface area contributed by atoms with Crippen LogP contribution in [-0.2, 0) is 31.9 Å². The molecule has 0 radical (unpaired) electrons. The summed E-state index contributed by atoms with van der Waals surface area (Å²) in [6, 6.07) is 28.3. The van der Waals surface area contributed by atoms with Crippen molar-refractivity contribution in [2.24, 2.45) is 0 Å². The molecule has 8 rings (SSSR count). The molecule has 0 bridgehead atoms. The molecule has 4 aromatic carbocycles. The van der Waals surface area contributed by atoms with E-state index in [-0.39, 0.29) is 11.8 Å². The molecule has 4 heterocycles. The summed E-state index contributed by atoms with van der Waals surface area (Å²) in [7, 11) is 0. The maximum absolute atomic E-state index is 12.3. The minimum Gasteiger partial charge on any atom is -0.379 e. The highest BCUT2D eigenvalue weighted by Gasteiger charge is 2.26. The van der Waals surface area contributed by atoms with E-state index >= 15 is 0 Å². The Morgan fingerprint density at radius 1 is 0.638 bits per heavy atom. The summed E-state index contributed by atoms with van der Waals surface area (Å²) < 4.78 is 10.8. The number of aryl methyl sites for hydroxylation is 3. The number of fused-ring (bicyclic) bond motifs is 2. The third-order valence-electron chi connectivity index (χ3n) is 11.1. The first-order valence-electron chi connectivity index (χ1n) is 20.6. The lowest BCUT2D eigenvalue weighted by Gasteiger charge is -2.26. The van der Waals surface area contributed by atoms with Gasteiger partial charge < -0.3 is 30.7 Å². The number of unbranched alkanes of at least 4 members (excludes halogenated alkanes) is 2. The largest absolute Gasteiger partial charge is 0.379 e. The minimum atomic E-state index is -0.119. The Morgan fingerprint density at radius 2 is 1.16 bits per heavy atom. The predicted octanol–water partition coefficient (Wildman–Crippen LogP) is 8.46. The van der Waals surface area contributed by atoms with E-state index in [0.717, 1.165) is 111 Å². The van der Waals surface area contributed by atoms with Crippen molar-refractivity contribution < 1.29 is 19.1 Å². The SMILES string of the molecule is Cc1cccc2c1/C(=C\Nc1ccc(CCCCN3CCOCC3)cc1)C(=O)N2.O=C1Nc2ccc(Cl)cc2/C1=C\Nc1ccc(CCCCN2CCOCC2)cc1. The number of hydrogen-bond donors (Lipinski definition) is 4. The number of carbonyl (C=O) groups excluding carboxylic acids is 2. The second-order valence-corrected chi connectivity index (χ2v) is 15.7. The first-order chi connectivity index (χ1) is 28.4. The Labute approximate surface area is 347 Å². The zero-order valence-electron chi connectivity index (χ0n) is 33.5. The standard InChI is InChI=1S/C24H29N3O2.C23H26ClN3O2/c1-18-5-4-7-22-23(18)21(24(28)26-22)17-25-20-10-8-19(9-11-20)6-2-3-12-27-13-15-29-16-14-27;24-18-6-9-22-20(15-18)21(23(28)26-22)16-25-19-7-4-17(5-8-19)3-1-2-10-27-11-13-29-14-12-27/h4-5,7-11,17,25H,2-3,6,12-16H2,1H3,(H,26,28);4-9,15-16,25H,1-3,10-14H2,(H,26,28)/b21-17+;21-16+. The van der Waals surface area contributed by atoms with Crippen molar-refractivity contribution in [1.82, 2.24) is 9.80 Å². The molecule has 10 nitrogen and oxygen atoms in total. The number of nitrogens with one attached hydrogen (secondary N) is 4. The van der Waals surface area contributed by atoms with Gasteiger partial charge in [-0.1, -0.05) is 48.0 Å². The van der Waals surface area contributed by atoms with Crippen LogP contribution in [0, 0.1) is 6.92 Å². The monoisotopic (exact) mass is 802 g/mol. The number of ether oxygens (including phenoxy) is 2. The van der Waals surface area contributed by atoms with Gasteiger partial charge in [0, 0.05) is 77.5 Å². The van der Waals surface area contributed by atoms with Gasteiger partial charge in [0.25, 0.3) is 11.8 Å². The molecule has 4 aromatic rings. The first-order valence-corrected chi connectivity index (χ1v) is 21.0. The minimum absolute atomic E-state index is 0.0568. The van der Waals surface area contributed by atoms with E-state index in [2.05, 4.69) is 79.6 Å². The van der Waals surface area contributed by atoms with E-state index in [1.807, 2.05) is 43.5 Å². The van der Waals surface area contributed by atoms with Crippen LogP contribution in [-0.4, -0.2) is 87.3 Å². The number of halogens is 1. The number of rotatable bonds is 14. The lowest BCUT2D eigenvalue weighted by Crippen LogP contribution is -2.36. The molecule has 4 N–H and O–H groups in total. The van der Waals surface area contributed by atoms with E-state index in [4.69, 9.17) is 21.1 Å². The fraction of sp³-hybridized carbons (Fsp3) is 0.362. The van der Waals surface area contributed by atoms with Crippen LogP contribution in [0.25, 0.3) is 11.1 Å². The number of nitrogens with zero attached hydrogens (tertiary/aromatic N) is 2. The van der Waals surface area contributed by atoms with Crippen LogP contribution in [0.4, 0.5) is 22.7 Å². The topological polar surface area (TPSA) is 107 Å². The summed E-state index contributed by atoms with van der Waals surface area (Å²) in [5.41, 5.74) is 10.5. The molecule has 0 aromatic heterocycles. The molecule has 4 aliphatic heterocycles. The number of anilines is 4. The highest BCUT2D eigenvalue weighted by Crippen LogP contribution is 2.35. The van der Waals surface area contributed by atoms with Crippen LogP contribution in [0.5, 0.6) is 0 Å². The van der Waals surface area contributed by atoms with Gasteiger partial charge in [-0.3, -0.25) is 19.4 Å². The number of carbonyl (C=O) groups is 2. The lowest BCUT2D eigenvalue weighted by atomic mass is 10.0. The van der Waals surface area contributed by atoms with Crippen LogP contribution in [0.15, 0.2) is 97.3 Å². The highest BCUT2D eigenvalue weighted by atomic mass is 35.5. The van der Waals surface area contributed by atoms with Gasteiger partial charge in [-0.15, -0.1) is 0 Å². The van der Waals surface area contributed by atoms with Crippen LogP contribution >= 0.6 is 11.6 Å². The number of amides is 2. The zero-order chi connectivity index (χ0) is 40.1. The van der Waals surface area contributed by atoms with E-state index in [0.29, 0.717) is 16.2 Å². The number of benzene rings is 4. The van der Waals surface area contributed by atoms with Gasteiger partial charge in [-0.05, 0) is 124 Å². The summed E-state index contributed by atoms with van der Waals surface area (Å²) in [6.07, 6.45) is 10.6. The number of hydrogen-bond acceptors (Lipinski definition) is 8. The molecule has 2 fully saturated rings. The van der Waals surface area contributed by atoms with Gasteiger partial charge in [0.15, 0.2) is 0 Å². The lowest BCUT2D eigenvalue weighted by molar-refractivity contribution is -0.111. The molecule has 304 valence electrons. The molecule has 0 atom stereocenters. The van der Waals surface area contributed by atoms with Crippen molar-refractivity contribution in [2.75, 3.05) is 87.0 Å². The van der Waals surface area contributed by atoms with Crippen molar-refractivity contribution in [1.29, 1.82) is 0 Å². The molecule has 0 saturated carbocycles. The highest BCUT2D eigenvalue weighted by molar-refractivity contribution is 6.35. The molecular weight excluding hydrogens is 748 g/mol. The van der Waals surface area contributed by atoms with Crippen molar-refractivity contribution in [2.45, 2.75) is 45.4 Å². The summed E-state index contributed by atoms with van der Waals surface area (Å²) in [6.45, 7) is 12.1. The Kier molecular flexibility index (Phi) is 14.7. The Hall–Kier alpha value is -4.97. The molecule has 0 aliphatic carbocycles. The van der Waals surface area contributed by atoms with Gasteiger partial charge in [0.05, 0.1) is 37.6 Å². The van der Waals surface area contributed by atoms with Crippen molar-refractivity contribution in [3.05, 3.63) is 130 Å².